The Morgan fingerprint density at radius 1 is 1.31 bits per heavy atom. The van der Waals surface area contributed by atoms with E-state index in [9.17, 15) is 9.59 Å². The lowest BCUT2D eigenvalue weighted by atomic mass is 10.0. The Balaban J connectivity index is 4.34. The third kappa shape index (κ3) is 5.70. The van der Waals surface area contributed by atoms with Crippen LogP contribution >= 0.6 is 0 Å². The van der Waals surface area contributed by atoms with Crippen molar-refractivity contribution in [1.82, 2.24) is 5.32 Å². The number of nitrogens with one attached hydrogen (secondary N) is 1. The SMILES string of the molecule is CCOC(=O)C(NC(=O)CC(C)O)C(C)C. The molecule has 94 valence electrons. The second-order valence-corrected chi connectivity index (χ2v) is 4.09. The van der Waals surface area contributed by atoms with Gasteiger partial charge in [0.1, 0.15) is 6.04 Å². The van der Waals surface area contributed by atoms with Crippen LogP contribution in [0.4, 0.5) is 0 Å². The van der Waals surface area contributed by atoms with E-state index in [0.717, 1.165) is 0 Å². The molecule has 0 saturated heterocycles. The summed E-state index contributed by atoms with van der Waals surface area (Å²) in [7, 11) is 0. The van der Waals surface area contributed by atoms with E-state index in [1.165, 1.54) is 6.92 Å². The molecular weight excluding hydrogens is 210 g/mol. The van der Waals surface area contributed by atoms with Crippen molar-refractivity contribution >= 4 is 11.9 Å². The predicted molar refractivity (Wildman–Crippen MR) is 59.7 cm³/mol. The third-order valence-electron chi connectivity index (χ3n) is 2.00. The molecule has 0 radical (unpaired) electrons. The molecule has 0 heterocycles. The number of amides is 1. The highest BCUT2D eigenvalue weighted by atomic mass is 16.5. The van der Waals surface area contributed by atoms with Crippen LogP contribution in [0.1, 0.15) is 34.1 Å². The van der Waals surface area contributed by atoms with Gasteiger partial charge in [0.25, 0.3) is 0 Å². The summed E-state index contributed by atoms with van der Waals surface area (Å²) >= 11 is 0. The molecule has 2 N–H and O–H groups in total. The van der Waals surface area contributed by atoms with Gasteiger partial charge < -0.3 is 15.2 Å². The number of carbonyl (C=O) groups excluding carboxylic acids is 2. The predicted octanol–water partition coefficient (Wildman–Crippen LogP) is 0.461. The van der Waals surface area contributed by atoms with E-state index in [2.05, 4.69) is 5.32 Å². The minimum atomic E-state index is -0.713. The molecule has 0 aliphatic carbocycles. The average molecular weight is 231 g/mol. The molecule has 0 aromatic heterocycles. The number of carbonyl (C=O) groups is 2. The van der Waals surface area contributed by atoms with Crippen molar-refractivity contribution in [3.05, 3.63) is 0 Å². The van der Waals surface area contributed by atoms with Gasteiger partial charge in [-0.05, 0) is 19.8 Å². The lowest BCUT2D eigenvalue weighted by Gasteiger charge is -2.20. The first-order valence-corrected chi connectivity index (χ1v) is 5.52. The van der Waals surface area contributed by atoms with Crippen LogP contribution in [-0.2, 0) is 14.3 Å². The second kappa shape index (κ2) is 7.22. The highest BCUT2D eigenvalue weighted by Crippen LogP contribution is 2.05. The molecule has 5 heteroatoms. The van der Waals surface area contributed by atoms with E-state index in [-0.39, 0.29) is 24.9 Å². The van der Waals surface area contributed by atoms with Gasteiger partial charge in [-0.2, -0.15) is 0 Å². The van der Waals surface area contributed by atoms with Crippen molar-refractivity contribution in [3.63, 3.8) is 0 Å². The molecule has 2 unspecified atom stereocenters. The molecule has 1 amide bonds. The van der Waals surface area contributed by atoms with Gasteiger partial charge in [-0.25, -0.2) is 4.79 Å². The van der Waals surface area contributed by atoms with Crippen LogP contribution in [0.5, 0.6) is 0 Å². The minimum Gasteiger partial charge on any atom is -0.464 e. The quantitative estimate of drug-likeness (QED) is 0.651. The van der Waals surface area contributed by atoms with Crippen LogP contribution in [0.3, 0.4) is 0 Å². The van der Waals surface area contributed by atoms with Gasteiger partial charge in [0.2, 0.25) is 5.91 Å². The van der Waals surface area contributed by atoms with Crippen molar-refractivity contribution < 1.29 is 19.4 Å². The van der Waals surface area contributed by atoms with Gasteiger partial charge in [-0.15, -0.1) is 0 Å². The monoisotopic (exact) mass is 231 g/mol. The number of esters is 1. The maximum atomic E-state index is 11.5. The third-order valence-corrected chi connectivity index (χ3v) is 2.00. The van der Waals surface area contributed by atoms with E-state index in [4.69, 9.17) is 9.84 Å². The molecule has 0 aromatic rings. The molecule has 0 aliphatic rings. The first-order valence-electron chi connectivity index (χ1n) is 5.52. The van der Waals surface area contributed by atoms with E-state index in [1.54, 1.807) is 6.92 Å². The summed E-state index contributed by atoms with van der Waals surface area (Å²) < 4.78 is 4.86. The van der Waals surface area contributed by atoms with Crippen molar-refractivity contribution in [2.24, 2.45) is 5.92 Å². The molecule has 16 heavy (non-hydrogen) atoms. The molecule has 0 rings (SSSR count). The summed E-state index contributed by atoms with van der Waals surface area (Å²) in [4.78, 5) is 22.9. The largest absolute Gasteiger partial charge is 0.464 e. The first-order chi connectivity index (χ1) is 7.38. The second-order valence-electron chi connectivity index (χ2n) is 4.09. The Bertz CT molecular complexity index is 238. The van der Waals surface area contributed by atoms with Crippen LogP contribution < -0.4 is 5.32 Å². The Morgan fingerprint density at radius 2 is 1.88 bits per heavy atom. The lowest BCUT2D eigenvalue weighted by molar-refractivity contribution is -0.148. The number of ether oxygens (including phenoxy) is 1. The number of aliphatic hydroxyl groups is 1. The standard InChI is InChI=1S/C11H21NO4/c1-5-16-11(15)10(7(2)3)12-9(14)6-8(4)13/h7-8,10,13H,5-6H2,1-4H3,(H,12,14). The minimum absolute atomic E-state index is 0.0113. The fourth-order valence-electron chi connectivity index (χ4n) is 1.23. The molecule has 0 aromatic carbocycles. The molecule has 0 saturated carbocycles. The first kappa shape index (κ1) is 14.9. The Hall–Kier alpha value is -1.10. The van der Waals surface area contributed by atoms with E-state index in [0.29, 0.717) is 0 Å². The topological polar surface area (TPSA) is 75.6 Å². The molecule has 5 nitrogen and oxygen atoms in total. The van der Waals surface area contributed by atoms with Crippen molar-refractivity contribution in [2.45, 2.75) is 46.3 Å². The Kier molecular flexibility index (Phi) is 6.72. The molecular formula is C11H21NO4. The maximum absolute atomic E-state index is 11.5. The van der Waals surface area contributed by atoms with Crippen molar-refractivity contribution in [2.75, 3.05) is 6.61 Å². The van der Waals surface area contributed by atoms with Gasteiger partial charge in [-0.3, -0.25) is 4.79 Å². The smallest absolute Gasteiger partial charge is 0.328 e. The lowest BCUT2D eigenvalue weighted by Crippen LogP contribution is -2.45. The summed E-state index contributed by atoms with van der Waals surface area (Å²) in [6.07, 6.45) is -0.724. The van der Waals surface area contributed by atoms with Crippen LogP contribution in [0.2, 0.25) is 0 Å². The molecule has 2 atom stereocenters. The van der Waals surface area contributed by atoms with Gasteiger partial charge in [-0.1, -0.05) is 13.8 Å². The normalized spacial score (nSPS) is 14.4. The number of aliphatic hydroxyl groups excluding tert-OH is 1. The van der Waals surface area contributed by atoms with Gasteiger partial charge >= 0.3 is 5.97 Å². The number of hydrogen-bond acceptors (Lipinski definition) is 4. The van der Waals surface area contributed by atoms with Gasteiger partial charge in [0.05, 0.1) is 19.1 Å². The highest BCUT2D eigenvalue weighted by Gasteiger charge is 2.25. The summed E-state index contributed by atoms with van der Waals surface area (Å²) in [5.41, 5.74) is 0. The Labute approximate surface area is 96.2 Å². The fraction of sp³-hybridized carbons (Fsp3) is 0.818. The number of hydrogen-bond donors (Lipinski definition) is 2. The van der Waals surface area contributed by atoms with Crippen LogP contribution in [-0.4, -0.2) is 35.7 Å². The Morgan fingerprint density at radius 3 is 2.25 bits per heavy atom. The zero-order chi connectivity index (χ0) is 12.7. The summed E-state index contributed by atoms with van der Waals surface area (Å²) in [5.74, 6) is -0.824. The maximum Gasteiger partial charge on any atom is 0.328 e. The van der Waals surface area contributed by atoms with Crippen LogP contribution in [0.25, 0.3) is 0 Å². The highest BCUT2D eigenvalue weighted by molar-refractivity contribution is 5.84. The number of rotatable bonds is 6. The van der Waals surface area contributed by atoms with E-state index < -0.39 is 18.1 Å². The van der Waals surface area contributed by atoms with Crippen molar-refractivity contribution in [1.29, 1.82) is 0 Å². The zero-order valence-electron chi connectivity index (χ0n) is 10.3. The van der Waals surface area contributed by atoms with E-state index in [1.807, 2.05) is 13.8 Å². The van der Waals surface area contributed by atoms with Crippen molar-refractivity contribution in [3.8, 4) is 0 Å². The van der Waals surface area contributed by atoms with E-state index >= 15 is 0 Å². The summed E-state index contributed by atoms with van der Waals surface area (Å²) in [5, 5.41) is 11.6. The summed E-state index contributed by atoms with van der Waals surface area (Å²) in [6.45, 7) is 7.17. The van der Waals surface area contributed by atoms with Gasteiger partial charge in [0.15, 0.2) is 0 Å². The van der Waals surface area contributed by atoms with Crippen LogP contribution in [0.15, 0.2) is 0 Å². The molecule has 0 fully saturated rings. The van der Waals surface area contributed by atoms with Crippen LogP contribution in [0, 0.1) is 5.92 Å². The average Bonchev–Trinajstić information content (AvgIpc) is 2.12. The summed E-state index contributed by atoms with van der Waals surface area (Å²) in [6, 6.07) is -0.647. The molecule has 0 aliphatic heterocycles. The molecule has 0 bridgehead atoms. The zero-order valence-corrected chi connectivity index (χ0v) is 10.3. The van der Waals surface area contributed by atoms with Gasteiger partial charge in [0, 0.05) is 0 Å². The fourth-order valence-corrected chi connectivity index (χ4v) is 1.23. The molecule has 0 spiro atoms.